The van der Waals surface area contributed by atoms with Crippen LogP contribution in [0.2, 0.25) is 0 Å². The Hall–Kier alpha value is -2.17. The van der Waals surface area contributed by atoms with E-state index in [1.807, 2.05) is 21.7 Å². The molecular weight excluding hydrogens is 318 g/mol. The standard InChI is InChI=1S/C20H19NO2S/c22-20(17-8-11-24-14-17)21-9-10-23-18(13-21)12-16-6-3-5-15-4-1-2-7-19(15)16/h1-8,11,14,18H,9-10,12-13H2. The Kier molecular flexibility index (Phi) is 4.32. The van der Waals surface area contributed by atoms with Gasteiger partial charge in [0.25, 0.3) is 5.91 Å². The van der Waals surface area contributed by atoms with Crippen molar-refractivity contribution in [2.45, 2.75) is 12.5 Å². The van der Waals surface area contributed by atoms with Gasteiger partial charge in [-0.05, 0) is 27.8 Å². The summed E-state index contributed by atoms with van der Waals surface area (Å²) >= 11 is 1.56. The fourth-order valence-electron chi connectivity index (χ4n) is 3.31. The molecule has 3 nitrogen and oxygen atoms in total. The van der Waals surface area contributed by atoms with Crippen LogP contribution in [-0.4, -0.2) is 36.6 Å². The second-order valence-corrected chi connectivity index (χ2v) is 6.88. The fourth-order valence-corrected chi connectivity index (χ4v) is 3.94. The molecule has 1 amide bonds. The Morgan fingerprint density at radius 3 is 2.92 bits per heavy atom. The molecule has 24 heavy (non-hydrogen) atoms. The van der Waals surface area contributed by atoms with Crippen LogP contribution in [0.4, 0.5) is 0 Å². The minimum atomic E-state index is 0.0483. The van der Waals surface area contributed by atoms with Crippen molar-refractivity contribution in [3.05, 3.63) is 70.4 Å². The fraction of sp³-hybridized carbons (Fsp3) is 0.250. The predicted molar refractivity (Wildman–Crippen MR) is 97.6 cm³/mol. The molecule has 0 radical (unpaired) electrons. The molecule has 1 saturated heterocycles. The number of rotatable bonds is 3. The summed E-state index contributed by atoms with van der Waals surface area (Å²) in [7, 11) is 0. The maximum atomic E-state index is 12.5. The van der Waals surface area contributed by atoms with Gasteiger partial charge in [-0.1, -0.05) is 42.5 Å². The molecule has 1 unspecified atom stereocenters. The van der Waals surface area contributed by atoms with E-state index in [1.165, 1.54) is 16.3 Å². The van der Waals surface area contributed by atoms with Crippen LogP contribution in [0.25, 0.3) is 10.8 Å². The molecule has 0 bridgehead atoms. The second-order valence-electron chi connectivity index (χ2n) is 6.10. The molecule has 0 spiro atoms. The number of amides is 1. The van der Waals surface area contributed by atoms with Crippen LogP contribution >= 0.6 is 11.3 Å². The molecule has 1 fully saturated rings. The first kappa shape index (κ1) is 15.4. The predicted octanol–water partition coefficient (Wildman–Crippen LogP) is 3.99. The van der Waals surface area contributed by atoms with Gasteiger partial charge >= 0.3 is 0 Å². The topological polar surface area (TPSA) is 29.5 Å². The van der Waals surface area contributed by atoms with Crippen LogP contribution in [-0.2, 0) is 11.2 Å². The summed E-state index contributed by atoms with van der Waals surface area (Å²) in [5, 5.41) is 6.38. The summed E-state index contributed by atoms with van der Waals surface area (Å²) in [6.45, 7) is 1.92. The van der Waals surface area contributed by atoms with Crippen LogP contribution in [0.1, 0.15) is 15.9 Å². The highest BCUT2D eigenvalue weighted by Gasteiger charge is 2.25. The quantitative estimate of drug-likeness (QED) is 0.723. The monoisotopic (exact) mass is 337 g/mol. The van der Waals surface area contributed by atoms with E-state index >= 15 is 0 Å². The van der Waals surface area contributed by atoms with E-state index in [9.17, 15) is 4.79 Å². The van der Waals surface area contributed by atoms with Crippen molar-refractivity contribution in [2.75, 3.05) is 19.7 Å². The molecular formula is C20H19NO2S. The molecule has 4 rings (SSSR count). The molecule has 1 aliphatic rings. The normalized spacial score (nSPS) is 18.0. The third kappa shape index (κ3) is 3.07. The summed E-state index contributed by atoms with van der Waals surface area (Å²) in [6, 6.07) is 16.7. The molecule has 4 heteroatoms. The number of nitrogens with zero attached hydrogens (tertiary/aromatic N) is 1. The third-order valence-corrected chi connectivity index (χ3v) is 5.20. The molecule has 3 aromatic rings. The minimum Gasteiger partial charge on any atom is -0.374 e. The van der Waals surface area contributed by atoms with Gasteiger partial charge in [0.2, 0.25) is 0 Å². The number of carbonyl (C=O) groups is 1. The summed E-state index contributed by atoms with van der Waals surface area (Å²) < 4.78 is 5.94. The van der Waals surface area contributed by atoms with E-state index < -0.39 is 0 Å². The lowest BCUT2D eigenvalue weighted by atomic mass is 9.99. The van der Waals surface area contributed by atoms with E-state index in [4.69, 9.17) is 4.74 Å². The van der Waals surface area contributed by atoms with Gasteiger partial charge in [0.05, 0.1) is 18.3 Å². The molecule has 0 saturated carbocycles. The van der Waals surface area contributed by atoms with Gasteiger partial charge in [-0.3, -0.25) is 4.79 Å². The van der Waals surface area contributed by atoms with E-state index in [1.54, 1.807) is 11.3 Å². The lowest BCUT2D eigenvalue weighted by molar-refractivity contribution is -0.0206. The molecule has 1 aliphatic heterocycles. The smallest absolute Gasteiger partial charge is 0.254 e. The van der Waals surface area contributed by atoms with Crippen molar-refractivity contribution in [1.29, 1.82) is 0 Å². The average molecular weight is 337 g/mol. The number of thiophene rings is 1. The number of hydrogen-bond acceptors (Lipinski definition) is 3. The Labute approximate surface area is 145 Å². The van der Waals surface area contributed by atoms with Crippen LogP contribution in [0, 0.1) is 0 Å². The molecule has 1 atom stereocenters. The third-order valence-electron chi connectivity index (χ3n) is 4.52. The molecule has 0 N–H and O–H groups in total. The Balaban J connectivity index is 1.51. The van der Waals surface area contributed by atoms with Gasteiger partial charge in [0.1, 0.15) is 0 Å². The van der Waals surface area contributed by atoms with Gasteiger partial charge in [-0.2, -0.15) is 11.3 Å². The highest BCUT2D eigenvalue weighted by atomic mass is 32.1. The molecule has 2 heterocycles. The maximum absolute atomic E-state index is 12.5. The summed E-state index contributed by atoms with van der Waals surface area (Å²) in [5.74, 6) is 0.113. The van der Waals surface area contributed by atoms with Crippen LogP contribution in [0.3, 0.4) is 0 Å². The summed E-state index contributed by atoms with van der Waals surface area (Å²) in [5.41, 5.74) is 2.06. The van der Waals surface area contributed by atoms with E-state index in [-0.39, 0.29) is 12.0 Å². The zero-order valence-electron chi connectivity index (χ0n) is 13.4. The Bertz CT molecular complexity index is 838. The van der Waals surface area contributed by atoms with Gasteiger partial charge in [0.15, 0.2) is 0 Å². The molecule has 1 aromatic heterocycles. The minimum absolute atomic E-state index is 0.0483. The SMILES string of the molecule is O=C(c1ccsc1)N1CCOC(Cc2cccc3ccccc23)C1. The Morgan fingerprint density at radius 1 is 1.17 bits per heavy atom. The van der Waals surface area contributed by atoms with Crippen molar-refractivity contribution >= 4 is 28.0 Å². The van der Waals surface area contributed by atoms with Crippen LogP contribution in [0.5, 0.6) is 0 Å². The lowest BCUT2D eigenvalue weighted by Gasteiger charge is -2.33. The molecule has 0 aliphatic carbocycles. The zero-order valence-corrected chi connectivity index (χ0v) is 14.2. The van der Waals surface area contributed by atoms with Crippen molar-refractivity contribution in [2.24, 2.45) is 0 Å². The Morgan fingerprint density at radius 2 is 2.04 bits per heavy atom. The zero-order chi connectivity index (χ0) is 16.4. The molecule has 122 valence electrons. The first-order chi connectivity index (χ1) is 11.8. The number of carbonyl (C=O) groups excluding carboxylic acids is 1. The maximum Gasteiger partial charge on any atom is 0.254 e. The first-order valence-corrected chi connectivity index (χ1v) is 9.15. The van der Waals surface area contributed by atoms with E-state index in [0.717, 1.165) is 12.0 Å². The van der Waals surface area contributed by atoms with Crippen LogP contribution < -0.4 is 0 Å². The van der Waals surface area contributed by atoms with Crippen molar-refractivity contribution in [3.63, 3.8) is 0 Å². The highest BCUT2D eigenvalue weighted by molar-refractivity contribution is 7.08. The van der Waals surface area contributed by atoms with Gasteiger partial charge in [-0.25, -0.2) is 0 Å². The van der Waals surface area contributed by atoms with Crippen LogP contribution in [0.15, 0.2) is 59.3 Å². The van der Waals surface area contributed by atoms with E-state index in [2.05, 4.69) is 42.5 Å². The number of benzene rings is 2. The first-order valence-electron chi connectivity index (χ1n) is 8.21. The average Bonchev–Trinajstić information content (AvgIpc) is 3.16. The summed E-state index contributed by atoms with van der Waals surface area (Å²) in [4.78, 5) is 14.5. The number of fused-ring (bicyclic) bond motifs is 1. The second kappa shape index (κ2) is 6.75. The van der Waals surface area contributed by atoms with Crippen molar-refractivity contribution in [3.8, 4) is 0 Å². The van der Waals surface area contributed by atoms with E-state index in [0.29, 0.717) is 19.7 Å². The van der Waals surface area contributed by atoms with Crippen molar-refractivity contribution < 1.29 is 9.53 Å². The van der Waals surface area contributed by atoms with Gasteiger partial charge < -0.3 is 9.64 Å². The number of morpholine rings is 1. The number of ether oxygens (including phenoxy) is 1. The summed E-state index contributed by atoms with van der Waals surface area (Å²) in [6.07, 6.45) is 0.876. The largest absolute Gasteiger partial charge is 0.374 e. The highest BCUT2D eigenvalue weighted by Crippen LogP contribution is 2.22. The number of hydrogen-bond donors (Lipinski definition) is 0. The van der Waals surface area contributed by atoms with Gasteiger partial charge in [-0.15, -0.1) is 0 Å². The lowest BCUT2D eigenvalue weighted by Crippen LogP contribution is -2.46. The van der Waals surface area contributed by atoms with Crippen molar-refractivity contribution in [1.82, 2.24) is 4.90 Å². The van der Waals surface area contributed by atoms with Gasteiger partial charge in [0, 0.05) is 24.9 Å². The molecule has 2 aromatic carbocycles.